The Kier molecular flexibility index (Phi) is 5.24. The smallest absolute Gasteiger partial charge is 0.363 e. The summed E-state index contributed by atoms with van der Waals surface area (Å²) in [4.78, 5) is 25.2. The molecule has 1 saturated heterocycles. The summed E-state index contributed by atoms with van der Waals surface area (Å²) in [6.45, 7) is 1.69. The molecule has 6 nitrogen and oxygen atoms in total. The molecule has 144 valence electrons. The van der Waals surface area contributed by atoms with E-state index in [1.165, 1.54) is 22.6 Å². The Hall–Kier alpha value is -2.06. The quantitative estimate of drug-likeness (QED) is 0.814. The highest BCUT2D eigenvalue weighted by atomic mass is 19.4. The summed E-state index contributed by atoms with van der Waals surface area (Å²) >= 11 is 0. The van der Waals surface area contributed by atoms with Crippen molar-refractivity contribution in [1.29, 1.82) is 0 Å². The van der Waals surface area contributed by atoms with E-state index in [1.807, 2.05) is 4.90 Å². The Labute approximate surface area is 151 Å². The molecule has 1 aliphatic heterocycles. The zero-order valence-electron chi connectivity index (χ0n) is 15.1. The summed E-state index contributed by atoms with van der Waals surface area (Å²) in [6.07, 6.45) is 0.165. The molecule has 0 spiro atoms. The van der Waals surface area contributed by atoms with Crippen molar-refractivity contribution >= 4 is 17.7 Å². The van der Waals surface area contributed by atoms with Crippen LogP contribution >= 0.6 is 0 Å². The van der Waals surface area contributed by atoms with Crippen LogP contribution in [0, 0.1) is 5.92 Å². The van der Waals surface area contributed by atoms with Crippen LogP contribution in [-0.2, 0) is 11.0 Å². The highest BCUT2D eigenvalue weighted by Crippen LogP contribution is 2.31. The molecule has 1 aromatic heterocycles. The van der Waals surface area contributed by atoms with E-state index in [0.717, 1.165) is 25.5 Å². The largest absolute Gasteiger partial charge is 0.433 e. The van der Waals surface area contributed by atoms with Crippen LogP contribution in [0.1, 0.15) is 31.4 Å². The van der Waals surface area contributed by atoms with Gasteiger partial charge in [0.05, 0.1) is 6.54 Å². The standard InChI is InChI=1S/C17H24F3N5O/c1-23(2)14-9-13(17(18,19)20)21-16(22-14)25-8-7-24(15(26)11-25)10-12-5-3-4-6-12/h9,12H,3-8,10-11H2,1-2H3. The predicted molar refractivity (Wildman–Crippen MR) is 92.1 cm³/mol. The maximum Gasteiger partial charge on any atom is 0.433 e. The van der Waals surface area contributed by atoms with Gasteiger partial charge < -0.3 is 14.7 Å². The minimum atomic E-state index is -4.56. The Bertz CT molecular complexity index is 658. The van der Waals surface area contributed by atoms with Crippen molar-refractivity contribution in [2.24, 2.45) is 5.92 Å². The van der Waals surface area contributed by atoms with Crippen molar-refractivity contribution in [2.45, 2.75) is 31.9 Å². The van der Waals surface area contributed by atoms with Gasteiger partial charge in [-0.2, -0.15) is 18.2 Å². The number of aromatic nitrogens is 2. The van der Waals surface area contributed by atoms with Crippen LogP contribution in [0.15, 0.2) is 6.07 Å². The first-order valence-electron chi connectivity index (χ1n) is 8.90. The SMILES string of the molecule is CN(C)c1cc(C(F)(F)F)nc(N2CCN(CC3CCCC3)C(=O)C2)n1. The maximum absolute atomic E-state index is 13.1. The van der Waals surface area contributed by atoms with Gasteiger partial charge in [-0.3, -0.25) is 4.79 Å². The summed E-state index contributed by atoms with van der Waals surface area (Å²) < 4.78 is 39.4. The van der Waals surface area contributed by atoms with Crippen molar-refractivity contribution in [3.8, 4) is 0 Å². The van der Waals surface area contributed by atoms with Crippen molar-refractivity contribution in [3.05, 3.63) is 11.8 Å². The molecule has 1 aromatic rings. The van der Waals surface area contributed by atoms with E-state index in [9.17, 15) is 18.0 Å². The van der Waals surface area contributed by atoms with Crippen molar-refractivity contribution < 1.29 is 18.0 Å². The van der Waals surface area contributed by atoms with Gasteiger partial charge in [-0.05, 0) is 18.8 Å². The lowest BCUT2D eigenvalue weighted by Gasteiger charge is -2.36. The summed E-state index contributed by atoms with van der Waals surface area (Å²) in [6, 6.07) is 0.918. The predicted octanol–water partition coefficient (Wildman–Crippen LogP) is 2.40. The van der Waals surface area contributed by atoms with Crippen LogP contribution in [0.3, 0.4) is 0 Å². The van der Waals surface area contributed by atoms with Gasteiger partial charge in [-0.25, -0.2) is 4.98 Å². The highest BCUT2D eigenvalue weighted by molar-refractivity contribution is 5.82. The monoisotopic (exact) mass is 371 g/mol. The molecule has 0 N–H and O–H groups in total. The highest BCUT2D eigenvalue weighted by Gasteiger charge is 2.35. The van der Waals surface area contributed by atoms with Gasteiger partial charge in [0.2, 0.25) is 11.9 Å². The maximum atomic E-state index is 13.1. The third-order valence-electron chi connectivity index (χ3n) is 5.00. The first kappa shape index (κ1) is 18.7. The van der Waals surface area contributed by atoms with E-state index in [0.29, 0.717) is 19.0 Å². The van der Waals surface area contributed by atoms with E-state index in [4.69, 9.17) is 0 Å². The second-order valence-electron chi connectivity index (χ2n) is 7.22. The van der Waals surface area contributed by atoms with Crippen LogP contribution in [0.5, 0.6) is 0 Å². The van der Waals surface area contributed by atoms with E-state index >= 15 is 0 Å². The van der Waals surface area contributed by atoms with Gasteiger partial charge >= 0.3 is 6.18 Å². The Morgan fingerprint density at radius 1 is 1.19 bits per heavy atom. The molecule has 2 heterocycles. The van der Waals surface area contributed by atoms with Crippen LogP contribution in [-0.4, -0.2) is 61.0 Å². The number of carbonyl (C=O) groups excluding carboxylic acids is 1. The topological polar surface area (TPSA) is 52.6 Å². The number of carbonyl (C=O) groups is 1. The van der Waals surface area contributed by atoms with Gasteiger partial charge in [-0.15, -0.1) is 0 Å². The third kappa shape index (κ3) is 4.19. The molecule has 0 unspecified atom stereocenters. The normalized spacial score (nSPS) is 19.3. The average Bonchev–Trinajstić information content (AvgIpc) is 3.08. The number of hydrogen-bond acceptors (Lipinski definition) is 5. The van der Waals surface area contributed by atoms with Gasteiger partial charge in [-0.1, -0.05) is 12.8 Å². The molecule has 0 atom stereocenters. The number of halogens is 3. The number of amides is 1. The fourth-order valence-electron chi connectivity index (χ4n) is 3.51. The van der Waals surface area contributed by atoms with Gasteiger partial charge in [0.25, 0.3) is 0 Å². The molecule has 1 saturated carbocycles. The zero-order valence-corrected chi connectivity index (χ0v) is 15.1. The Balaban J connectivity index is 1.75. The first-order valence-corrected chi connectivity index (χ1v) is 8.90. The molecular formula is C17H24F3N5O. The molecule has 2 aliphatic rings. The zero-order chi connectivity index (χ0) is 18.9. The number of hydrogen-bond donors (Lipinski definition) is 0. The van der Waals surface area contributed by atoms with E-state index in [1.54, 1.807) is 14.1 Å². The molecule has 9 heteroatoms. The Morgan fingerprint density at radius 2 is 1.88 bits per heavy atom. The van der Waals surface area contributed by atoms with Crippen molar-refractivity contribution in [2.75, 3.05) is 50.1 Å². The lowest BCUT2D eigenvalue weighted by molar-refractivity contribution is -0.141. The van der Waals surface area contributed by atoms with Crippen molar-refractivity contribution in [1.82, 2.24) is 14.9 Å². The summed E-state index contributed by atoms with van der Waals surface area (Å²) in [5.74, 6) is 0.603. The number of nitrogens with zero attached hydrogens (tertiary/aromatic N) is 5. The van der Waals surface area contributed by atoms with Gasteiger partial charge in [0, 0.05) is 39.8 Å². The molecule has 0 aromatic carbocycles. The first-order chi connectivity index (χ1) is 12.2. The molecule has 26 heavy (non-hydrogen) atoms. The minimum Gasteiger partial charge on any atom is -0.363 e. The lowest BCUT2D eigenvalue weighted by Crippen LogP contribution is -2.52. The van der Waals surface area contributed by atoms with Crippen LogP contribution in [0.2, 0.25) is 0 Å². The molecule has 0 bridgehead atoms. The molecule has 0 radical (unpaired) electrons. The number of rotatable bonds is 4. The summed E-state index contributed by atoms with van der Waals surface area (Å²) in [5, 5.41) is 0. The van der Waals surface area contributed by atoms with Crippen LogP contribution in [0.25, 0.3) is 0 Å². The molecule has 1 amide bonds. The lowest BCUT2D eigenvalue weighted by atomic mass is 10.1. The van der Waals surface area contributed by atoms with E-state index in [2.05, 4.69) is 9.97 Å². The fourth-order valence-corrected chi connectivity index (χ4v) is 3.51. The molecule has 1 aliphatic carbocycles. The van der Waals surface area contributed by atoms with Crippen LogP contribution < -0.4 is 9.80 Å². The molecule has 2 fully saturated rings. The van der Waals surface area contributed by atoms with E-state index < -0.39 is 11.9 Å². The number of anilines is 2. The van der Waals surface area contributed by atoms with Crippen molar-refractivity contribution in [3.63, 3.8) is 0 Å². The van der Waals surface area contributed by atoms with E-state index in [-0.39, 0.29) is 24.2 Å². The van der Waals surface area contributed by atoms with Crippen LogP contribution in [0.4, 0.5) is 24.9 Å². The summed E-state index contributed by atoms with van der Waals surface area (Å²) in [7, 11) is 3.24. The second kappa shape index (κ2) is 7.28. The fraction of sp³-hybridized carbons (Fsp3) is 0.706. The van der Waals surface area contributed by atoms with Gasteiger partial charge in [0.15, 0.2) is 5.69 Å². The number of alkyl halides is 3. The third-order valence-corrected chi connectivity index (χ3v) is 5.00. The Morgan fingerprint density at radius 3 is 2.46 bits per heavy atom. The molecule has 3 rings (SSSR count). The summed E-state index contributed by atoms with van der Waals surface area (Å²) in [5.41, 5.74) is -0.993. The average molecular weight is 371 g/mol. The number of piperazine rings is 1. The van der Waals surface area contributed by atoms with Gasteiger partial charge in [0.1, 0.15) is 5.82 Å². The molecular weight excluding hydrogens is 347 g/mol. The minimum absolute atomic E-state index is 0.0148. The second-order valence-corrected chi connectivity index (χ2v) is 7.22.